The summed E-state index contributed by atoms with van der Waals surface area (Å²) in [6.07, 6.45) is -0.0970. The minimum Gasteiger partial charge on any atom is -0.480 e. The molecule has 2 aromatic carbocycles. The van der Waals surface area contributed by atoms with Crippen LogP contribution < -0.4 is 5.32 Å². The van der Waals surface area contributed by atoms with E-state index < -0.39 is 23.7 Å². The van der Waals surface area contributed by atoms with Gasteiger partial charge in [0.25, 0.3) is 5.91 Å². The van der Waals surface area contributed by atoms with Crippen molar-refractivity contribution in [2.24, 2.45) is 0 Å². The van der Waals surface area contributed by atoms with Crippen molar-refractivity contribution in [3.8, 4) is 0 Å². The highest BCUT2D eigenvalue weighted by atomic mass is 19.1. The van der Waals surface area contributed by atoms with Crippen LogP contribution in [0.25, 0.3) is 10.8 Å². The lowest BCUT2D eigenvalue weighted by Gasteiger charge is -2.14. The van der Waals surface area contributed by atoms with E-state index in [0.717, 1.165) is 0 Å². The number of carboxylic acid groups (broad SMARTS) is 1. The molecule has 0 aliphatic rings. The summed E-state index contributed by atoms with van der Waals surface area (Å²) in [6, 6.07) is 7.74. The zero-order valence-electron chi connectivity index (χ0n) is 11.0. The Balaban J connectivity index is 2.36. The van der Waals surface area contributed by atoms with E-state index in [4.69, 9.17) is 10.2 Å². The molecule has 1 atom stereocenters. The SMILES string of the molecule is O=C(N[C@@H](CCO)C(=O)O)c1ccc(F)c2ccccc12. The molecule has 0 heterocycles. The van der Waals surface area contributed by atoms with Crippen LogP contribution in [0.5, 0.6) is 0 Å². The van der Waals surface area contributed by atoms with Crippen molar-refractivity contribution in [3.63, 3.8) is 0 Å². The van der Waals surface area contributed by atoms with Crippen LogP contribution >= 0.6 is 0 Å². The highest BCUT2D eigenvalue weighted by Crippen LogP contribution is 2.21. The fourth-order valence-electron chi connectivity index (χ4n) is 2.08. The maximum atomic E-state index is 13.7. The number of hydrogen-bond donors (Lipinski definition) is 3. The topological polar surface area (TPSA) is 86.6 Å². The van der Waals surface area contributed by atoms with Gasteiger partial charge in [-0.3, -0.25) is 4.79 Å². The van der Waals surface area contributed by atoms with E-state index in [1.807, 2.05) is 0 Å². The summed E-state index contributed by atoms with van der Waals surface area (Å²) in [7, 11) is 0. The van der Waals surface area contributed by atoms with Crippen LogP contribution in [0.4, 0.5) is 4.39 Å². The third-order valence-electron chi connectivity index (χ3n) is 3.14. The molecule has 2 aromatic rings. The number of carbonyl (C=O) groups excluding carboxylic acids is 1. The number of nitrogens with one attached hydrogen (secondary N) is 1. The van der Waals surface area contributed by atoms with Gasteiger partial charge in [0.15, 0.2) is 0 Å². The van der Waals surface area contributed by atoms with Crippen LogP contribution in [0.15, 0.2) is 36.4 Å². The van der Waals surface area contributed by atoms with Crippen molar-refractivity contribution in [1.82, 2.24) is 5.32 Å². The smallest absolute Gasteiger partial charge is 0.326 e. The monoisotopic (exact) mass is 291 g/mol. The maximum Gasteiger partial charge on any atom is 0.326 e. The van der Waals surface area contributed by atoms with E-state index >= 15 is 0 Å². The molecule has 0 aromatic heterocycles. The van der Waals surface area contributed by atoms with Gasteiger partial charge in [0, 0.05) is 24.0 Å². The second-order valence-electron chi connectivity index (χ2n) is 4.52. The molecular weight excluding hydrogens is 277 g/mol. The number of rotatable bonds is 5. The summed E-state index contributed by atoms with van der Waals surface area (Å²) in [6.45, 7) is -0.360. The van der Waals surface area contributed by atoms with Crippen LogP contribution in [-0.2, 0) is 4.79 Å². The first-order valence-corrected chi connectivity index (χ1v) is 6.36. The van der Waals surface area contributed by atoms with Gasteiger partial charge in [-0.1, -0.05) is 24.3 Å². The average Bonchev–Trinajstić information content (AvgIpc) is 2.47. The Labute approximate surface area is 120 Å². The second kappa shape index (κ2) is 6.32. The predicted octanol–water partition coefficient (Wildman–Crippen LogP) is 1.54. The van der Waals surface area contributed by atoms with Crippen LogP contribution in [0.3, 0.4) is 0 Å². The minimum absolute atomic E-state index is 0.0970. The number of aliphatic carboxylic acids is 1. The van der Waals surface area contributed by atoms with E-state index in [2.05, 4.69) is 5.32 Å². The van der Waals surface area contributed by atoms with E-state index in [1.54, 1.807) is 24.3 Å². The summed E-state index contributed by atoms with van der Waals surface area (Å²) in [5.74, 6) is -2.30. The molecule has 0 saturated carbocycles. The van der Waals surface area contributed by atoms with E-state index in [0.29, 0.717) is 10.8 Å². The molecule has 0 unspecified atom stereocenters. The Morgan fingerprint density at radius 1 is 1.14 bits per heavy atom. The molecule has 21 heavy (non-hydrogen) atoms. The number of aliphatic hydroxyl groups is 1. The van der Waals surface area contributed by atoms with E-state index in [9.17, 15) is 14.0 Å². The number of benzene rings is 2. The lowest BCUT2D eigenvalue weighted by atomic mass is 10.0. The van der Waals surface area contributed by atoms with Crippen molar-refractivity contribution in [3.05, 3.63) is 47.8 Å². The molecule has 3 N–H and O–H groups in total. The second-order valence-corrected chi connectivity index (χ2v) is 4.52. The number of hydrogen-bond acceptors (Lipinski definition) is 3. The summed E-state index contributed by atoms with van der Waals surface area (Å²) in [5.41, 5.74) is 0.191. The van der Waals surface area contributed by atoms with Gasteiger partial charge < -0.3 is 15.5 Å². The number of carboxylic acids is 1. The fraction of sp³-hybridized carbons (Fsp3) is 0.200. The average molecular weight is 291 g/mol. The third kappa shape index (κ3) is 3.17. The minimum atomic E-state index is -1.23. The number of halogens is 1. The fourth-order valence-corrected chi connectivity index (χ4v) is 2.08. The molecule has 5 nitrogen and oxygen atoms in total. The number of aliphatic hydroxyl groups excluding tert-OH is 1. The molecule has 0 spiro atoms. The van der Waals surface area contributed by atoms with Crippen LogP contribution in [0.1, 0.15) is 16.8 Å². The molecule has 0 bridgehead atoms. The predicted molar refractivity (Wildman–Crippen MR) is 74.5 cm³/mol. The van der Waals surface area contributed by atoms with Crippen molar-refractivity contribution < 1.29 is 24.2 Å². The molecule has 6 heteroatoms. The molecule has 1 amide bonds. The van der Waals surface area contributed by atoms with Crippen molar-refractivity contribution in [1.29, 1.82) is 0 Å². The first-order chi connectivity index (χ1) is 10.0. The quantitative estimate of drug-likeness (QED) is 0.780. The van der Waals surface area contributed by atoms with E-state index in [-0.39, 0.29) is 18.6 Å². The Morgan fingerprint density at radius 2 is 1.81 bits per heavy atom. The molecule has 0 aliphatic heterocycles. The third-order valence-corrected chi connectivity index (χ3v) is 3.14. The molecule has 0 fully saturated rings. The first kappa shape index (κ1) is 14.9. The lowest BCUT2D eigenvalue weighted by Crippen LogP contribution is -2.41. The summed E-state index contributed by atoms with van der Waals surface area (Å²) in [5, 5.41) is 20.8. The molecular formula is C15H14FNO4. The molecule has 110 valence electrons. The molecule has 0 radical (unpaired) electrons. The highest BCUT2D eigenvalue weighted by Gasteiger charge is 2.21. The van der Waals surface area contributed by atoms with Gasteiger partial charge in [0.05, 0.1) is 0 Å². The molecule has 0 aliphatic carbocycles. The van der Waals surface area contributed by atoms with Crippen LogP contribution in [0.2, 0.25) is 0 Å². The number of fused-ring (bicyclic) bond motifs is 1. The van der Waals surface area contributed by atoms with Gasteiger partial charge in [-0.05, 0) is 17.5 Å². The van der Waals surface area contributed by atoms with Crippen LogP contribution in [0, 0.1) is 5.82 Å². The Kier molecular flexibility index (Phi) is 4.49. The summed E-state index contributed by atoms with van der Waals surface area (Å²) in [4.78, 5) is 23.2. The van der Waals surface area contributed by atoms with Gasteiger partial charge in [-0.15, -0.1) is 0 Å². The largest absolute Gasteiger partial charge is 0.480 e. The van der Waals surface area contributed by atoms with Gasteiger partial charge in [-0.25, -0.2) is 9.18 Å². The van der Waals surface area contributed by atoms with Crippen molar-refractivity contribution >= 4 is 22.6 Å². The van der Waals surface area contributed by atoms with Gasteiger partial charge >= 0.3 is 5.97 Å². The van der Waals surface area contributed by atoms with Crippen molar-refractivity contribution in [2.45, 2.75) is 12.5 Å². The molecule has 2 rings (SSSR count). The lowest BCUT2D eigenvalue weighted by molar-refractivity contribution is -0.139. The molecule has 0 saturated heterocycles. The van der Waals surface area contributed by atoms with E-state index in [1.165, 1.54) is 12.1 Å². The Hall–Kier alpha value is -2.47. The zero-order chi connectivity index (χ0) is 15.4. The number of amides is 1. The number of carbonyl (C=O) groups is 2. The standard InChI is InChI=1S/C15H14FNO4/c16-12-6-5-11(9-3-1-2-4-10(9)12)14(19)17-13(7-8-18)15(20)21/h1-6,13,18H,7-8H2,(H,17,19)(H,20,21)/t13-/m0/s1. The van der Waals surface area contributed by atoms with Gasteiger partial charge in [0.2, 0.25) is 0 Å². The zero-order valence-corrected chi connectivity index (χ0v) is 11.0. The maximum absolute atomic E-state index is 13.7. The normalized spacial score (nSPS) is 12.1. The first-order valence-electron chi connectivity index (χ1n) is 6.36. The highest BCUT2D eigenvalue weighted by molar-refractivity contribution is 6.08. The Morgan fingerprint density at radius 3 is 2.43 bits per heavy atom. The van der Waals surface area contributed by atoms with Crippen molar-refractivity contribution in [2.75, 3.05) is 6.61 Å². The summed E-state index contributed by atoms with van der Waals surface area (Å²) >= 11 is 0. The van der Waals surface area contributed by atoms with Gasteiger partial charge in [-0.2, -0.15) is 0 Å². The van der Waals surface area contributed by atoms with Crippen LogP contribution in [-0.4, -0.2) is 34.7 Å². The van der Waals surface area contributed by atoms with Gasteiger partial charge in [0.1, 0.15) is 11.9 Å². The Bertz CT molecular complexity index is 686. The summed E-state index contributed by atoms with van der Waals surface area (Å²) < 4.78 is 13.7.